The molecule has 6 heteroatoms. The molecule has 118 valence electrons. The van der Waals surface area contributed by atoms with Crippen molar-refractivity contribution in [3.8, 4) is 5.75 Å². The lowest BCUT2D eigenvalue weighted by Crippen LogP contribution is -2.22. The van der Waals surface area contributed by atoms with E-state index in [2.05, 4.69) is 36.1 Å². The van der Waals surface area contributed by atoms with Gasteiger partial charge in [0.05, 0.1) is 24.4 Å². The van der Waals surface area contributed by atoms with Gasteiger partial charge in [-0.15, -0.1) is 11.3 Å². The Morgan fingerprint density at radius 2 is 2.00 bits per heavy atom. The Morgan fingerprint density at radius 3 is 2.55 bits per heavy atom. The second kappa shape index (κ2) is 6.79. The Kier molecular flexibility index (Phi) is 5.03. The number of ether oxygens (including phenoxy) is 1. The molecule has 22 heavy (non-hydrogen) atoms. The summed E-state index contributed by atoms with van der Waals surface area (Å²) < 4.78 is 5.11. The molecule has 0 unspecified atom stereocenters. The van der Waals surface area contributed by atoms with E-state index in [0.717, 1.165) is 22.1 Å². The third kappa shape index (κ3) is 4.46. The van der Waals surface area contributed by atoms with Crippen LogP contribution in [0.4, 0.5) is 5.69 Å². The molecule has 1 aromatic carbocycles. The molecule has 0 spiro atoms. The predicted octanol–water partition coefficient (Wildman–Crippen LogP) is 3.38. The zero-order chi connectivity index (χ0) is 16.2. The Hall–Kier alpha value is -2.08. The Bertz CT molecular complexity index is 641. The molecule has 3 N–H and O–H groups in total. The van der Waals surface area contributed by atoms with Crippen molar-refractivity contribution in [3.05, 3.63) is 40.3 Å². The normalized spacial score (nSPS) is 12.3. The second-order valence-corrected chi connectivity index (χ2v) is 6.81. The number of hydrogen-bond acceptors (Lipinski definition) is 4. The van der Waals surface area contributed by atoms with Crippen molar-refractivity contribution in [3.63, 3.8) is 0 Å². The van der Waals surface area contributed by atoms with E-state index in [1.165, 1.54) is 0 Å². The lowest BCUT2D eigenvalue weighted by Gasteiger charge is -2.13. The molecule has 0 aliphatic heterocycles. The van der Waals surface area contributed by atoms with Gasteiger partial charge in [0.25, 0.3) is 0 Å². The van der Waals surface area contributed by atoms with Crippen LogP contribution < -0.4 is 15.8 Å². The summed E-state index contributed by atoms with van der Waals surface area (Å²) >= 11 is 1.66. The van der Waals surface area contributed by atoms with Crippen LogP contribution in [0.5, 0.6) is 5.75 Å². The summed E-state index contributed by atoms with van der Waals surface area (Å²) in [6.45, 7) is 6.93. The smallest absolute Gasteiger partial charge is 0.193 e. The van der Waals surface area contributed by atoms with Crippen LogP contribution >= 0.6 is 11.3 Å². The number of anilines is 1. The fourth-order valence-electron chi connectivity index (χ4n) is 1.75. The average Bonchev–Trinajstić information content (AvgIpc) is 2.95. The third-order valence-corrected chi connectivity index (χ3v) is 4.28. The highest BCUT2D eigenvalue weighted by Gasteiger charge is 2.17. The number of aliphatic imine (C=N–C) groups is 1. The van der Waals surface area contributed by atoms with Gasteiger partial charge in [0.2, 0.25) is 0 Å². The highest BCUT2D eigenvalue weighted by atomic mass is 32.1. The highest BCUT2D eigenvalue weighted by molar-refractivity contribution is 7.09. The number of hydrogen-bond donors (Lipinski definition) is 2. The fourth-order valence-corrected chi connectivity index (χ4v) is 2.65. The van der Waals surface area contributed by atoms with Gasteiger partial charge in [0.15, 0.2) is 5.96 Å². The zero-order valence-electron chi connectivity index (χ0n) is 13.4. The Morgan fingerprint density at radius 1 is 1.32 bits per heavy atom. The summed E-state index contributed by atoms with van der Waals surface area (Å²) in [6.07, 6.45) is 0. The fraction of sp³-hybridized carbons (Fsp3) is 0.375. The van der Waals surface area contributed by atoms with Gasteiger partial charge in [-0.2, -0.15) is 0 Å². The molecule has 0 amide bonds. The molecule has 1 heterocycles. The van der Waals surface area contributed by atoms with Crippen molar-refractivity contribution in [2.24, 2.45) is 10.7 Å². The Labute approximate surface area is 135 Å². The first kappa shape index (κ1) is 16.3. The minimum atomic E-state index is 0.0690. The van der Waals surface area contributed by atoms with Crippen LogP contribution in [-0.2, 0) is 12.0 Å². The van der Waals surface area contributed by atoms with Gasteiger partial charge in [-0.25, -0.2) is 9.98 Å². The first-order chi connectivity index (χ1) is 10.4. The van der Waals surface area contributed by atoms with Crippen molar-refractivity contribution in [2.45, 2.75) is 32.7 Å². The SMILES string of the molecule is COc1ccc(NC(N)=NCc2csc(C(C)(C)C)n2)cc1. The number of methoxy groups -OCH3 is 1. The summed E-state index contributed by atoms with van der Waals surface area (Å²) in [7, 11) is 1.64. The number of nitrogens with zero attached hydrogens (tertiary/aromatic N) is 2. The molecular weight excluding hydrogens is 296 g/mol. The quantitative estimate of drug-likeness (QED) is 0.669. The van der Waals surface area contributed by atoms with Crippen molar-refractivity contribution < 1.29 is 4.74 Å². The number of benzene rings is 1. The number of guanidine groups is 1. The molecule has 0 atom stereocenters. The van der Waals surface area contributed by atoms with Crippen LogP contribution in [0.2, 0.25) is 0 Å². The molecule has 2 aromatic rings. The number of thiazole rings is 1. The van der Waals surface area contributed by atoms with Crippen LogP contribution in [-0.4, -0.2) is 18.1 Å². The topological polar surface area (TPSA) is 72.5 Å². The van der Waals surface area contributed by atoms with E-state index in [-0.39, 0.29) is 5.41 Å². The van der Waals surface area contributed by atoms with Gasteiger partial charge in [-0.1, -0.05) is 20.8 Å². The zero-order valence-corrected chi connectivity index (χ0v) is 14.2. The van der Waals surface area contributed by atoms with Crippen molar-refractivity contribution in [2.75, 3.05) is 12.4 Å². The van der Waals surface area contributed by atoms with Gasteiger partial charge < -0.3 is 15.8 Å². The largest absolute Gasteiger partial charge is 0.497 e. The number of aromatic nitrogens is 1. The van der Waals surface area contributed by atoms with Gasteiger partial charge in [0, 0.05) is 16.5 Å². The lowest BCUT2D eigenvalue weighted by molar-refractivity contribution is 0.415. The molecule has 1 aromatic heterocycles. The van der Waals surface area contributed by atoms with Gasteiger partial charge in [-0.3, -0.25) is 0 Å². The van der Waals surface area contributed by atoms with Crippen LogP contribution in [0.15, 0.2) is 34.6 Å². The van der Waals surface area contributed by atoms with E-state index in [1.807, 2.05) is 29.6 Å². The third-order valence-electron chi connectivity index (χ3n) is 2.97. The minimum absolute atomic E-state index is 0.0690. The summed E-state index contributed by atoms with van der Waals surface area (Å²) in [5, 5.41) is 6.19. The molecule has 0 radical (unpaired) electrons. The minimum Gasteiger partial charge on any atom is -0.497 e. The second-order valence-electron chi connectivity index (χ2n) is 5.95. The van der Waals surface area contributed by atoms with Gasteiger partial charge in [-0.05, 0) is 24.3 Å². The van der Waals surface area contributed by atoms with E-state index in [1.54, 1.807) is 18.4 Å². The average molecular weight is 318 g/mol. The molecule has 0 bridgehead atoms. The molecule has 0 fully saturated rings. The van der Waals surface area contributed by atoms with E-state index in [9.17, 15) is 0 Å². The number of nitrogens with one attached hydrogen (secondary N) is 1. The van der Waals surface area contributed by atoms with Crippen molar-refractivity contribution >= 4 is 23.0 Å². The van der Waals surface area contributed by atoms with Gasteiger partial charge >= 0.3 is 0 Å². The van der Waals surface area contributed by atoms with Crippen LogP contribution in [0.1, 0.15) is 31.5 Å². The van der Waals surface area contributed by atoms with E-state index < -0.39 is 0 Å². The predicted molar refractivity (Wildman–Crippen MR) is 92.8 cm³/mol. The van der Waals surface area contributed by atoms with Crippen LogP contribution in [0.3, 0.4) is 0 Å². The lowest BCUT2D eigenvalue weighted by atomic mass is 9.98. The highest BCUT2D eigenvalue weighted by Crippen LogP contribution is 2.25. The monoisotopic (exact) mass is 318 g/mol. The molecule has 5 nitrogen and oxygen atoms in total. The van der Waals surface area contributed by atoms with Crippen molar-refractivity contribution in [1.29, 1.82) is 0 Å². The molecular formula is C16H22N4OS. The first-order valence-corrected chi connectivity index (χ1v) is 7.92. The van der Waals surface area contributed by atoms with Crippen molar-refractivity contribution in [1.82, 2.24) is 4.98 Å². The van der Waals surface area contributed by atoms with Crippen LogP contribution in [0.25, 0.3) is 0 Å². The maximum absolute atomic E-state index is 5.90. The van der Waals surface area contributed by atoms with Crippen LogP contribution in [0, 0.1) is 0 Å². The van der Waals surface area contributed by atoms with E-state index in [4.69, 9.17) is 10.5 Å². The van der Waals surface area contributed by atoms with E-state index >= 15 is 0 Å². The number of rotatable bonds is 4. The molecule has 0 saturated heterocycles. The summed E-state index contributed by atoms with van der Waals surface area (Å²) in [5.41, 5.74) is 7.78. The van der Waals surface area contributed by atoms with E-state index in [0.29, 0.717) is 12.5 Å². The van der Waals surface area contributed by atoms with Gasteiger partial charge in [0.1, 0.15) is 5.75 Å². The summed E-state index contributed by atoms with van der Waals surface area (Å²) in [4.78, 5) is 8.92. The first-order valence-electron chi connectivity index (χ1n) is 7.04. The molecule has 0 saturated carbocycles. The number of nitrogens with two attached hydrogens (primary N) is 1. The standard InChI is InChI=1S/C16H22N4OS/c1-16(2,3)14-19-12(10-22-14)9-18-15(17)20-11-5-7-13(21-4)8-6-11/h5-8,10H,9H2,1-4H3,(H3,17,18,20). The summed E-state index contributed by atoms with van der Waals surface area (Å²) in [6, 6.07) is 7.51. The molecule has 0 aliphatic rings. The molecule has 2 rings (SSSR count). The maximum atomic E-state index is 5.90. The summed E-state index contributed by atoms with van der Waals surface area (Å²) in [5.74, 6) is 1.17. The maximum Gasteiger partial charge on any atom is 0.193 e. The molecule has 0 aliphatic carbocycles. The Balaban J connectivity index is 1.95.